The van der Waals surface area contributed by atoms with Crippen molar-refractivity contribution >= 4 is 16.9 Å². The summed E-state index contributed by atoms with van der Waals surface area (Å²) in [4.78, 5) is 24.1. The number of H-pyrrole nitrogens is 1. The maximum atomic E-state index is 12.3. The third-order valence-electron chi connectivity index (χ3n) is 6.45. The number of ether oxygens (including phenoxy) is 1. The topological polar surface area (TPSA) is 125 Å². The van der Waals surface area contributed by atoms with E-state index in [0.29, 0.717) is 16.3 Å². The Morgan fingerprint density at radius 3 is 2.43 bits per heavy atom. The fraction of sp³-hybridized carbons (Fsp3) is 0.222. The minimum atomic E-state index is -1.18. The van der Waals surface area contributed by atoms with Crippen LogP contribution < -0.4 is 10.9 Å². The first-order chi connectivity index (χ1) is 17.0. The predicted molar refractivity (Wildman–Crippen MR) is 131 cm³/mol. The summed E-state index contributed by atoms with van der Waals surface area (Å²) < 4.78 is 5.49. The van der Waals surface area contributed by atoms with Gasteiger partial charge in [0.05, 0.1) is 17.7 Å². The lowest BCUT2D eigenvalue weighted by Gasteiger charge is -2.19. The second kappa shape index (κ2) is 9.69. The number of fused-ring (bicyclic) bond motifs is 4. The van der Waals surface area contributed by atoms with E-state index >= 15 is 0 Å². The van der Waals surface area contributed by atoms with Gasteiger partial charge < -0.3 is 20.3 Å². The summed E-state index contributed by atoms with van der Waals surface area (Å²) in [5, 5.41) is 30.7. The molecule has 35 heavy (non-hydrogen) atoms. The maximum Gasteiger partial charge on any atom is 0.407 e. The van der Waals surface area contributed by atoms with Gasteiger partial charge in [0.1, 0.15) is 12.7 Å². The van der Waals surface area contributed by atoms with Crippen LogP contribution in [0, 0.1) is 0 Å². The molecule has 3 aromatic carbocycles. The largest absolute Gasteiger partial charge is 0.449 e. The zero-order valence-electron chi connectivity index (χ0n) is 18.8. The number of hydrogen-bond donors (Lipinski definition) is 4. The molecule has 5 rings (SSSR count). The van der Waals surface area contributed by atoms with Crippen molar-refractivity contribution < 1.29 is 19.7 Å². The second-order valence-electron chi connectivity index (χ2n) is 8.60. The van der Waals surface area contributed by atoms with Gasteiger partial charge in [-0.25, -0.2) is 9.89 Å². The SMILES string of the molecule is O=C(NCCC(O)C(O)c1ccc2c(=O)[nH]ncc2c1)OCC1c2ccccc2-c2ccccc21. The Bertz CT molecular complexity index is 1390. The molecule has 0 fully saturated rings. The summed E-state index contributed by atoms with van der Waals surface area (Å²) in [5.74, 6) is -0.0322. The van der Waals surface area contributed by atoms with Crippen LogP contribution in [-0.4, -0.2) is 45.8 Å². The Morgan fingerprint density at radius 2 is 1.71 bits per heavy atom. The van der Waals surface area contributed by atoms with E-state index in [1.807, 2.05) is 24.3 Å². The molecule has 2 atom stereocenters. The lowest BCUT2D eigenvalue weighted by atomic mass is 9.98. The highest BCUT2D eigenvalue weighted by atomic mass is 16.5. The molecule has 0 bridgehead atoms. The van der Waals surface area contributed by atoms with E-state index in [2.05, 4.69) is 39.8 Å². The summed E-state index contributed by atoms with van der Waals surface area (Å²) >= 11 is 0. The number of nitrogens with one attached hydrogen (secondary N) is 2. The number of aliphatic hydroxyl groups is 2. The molecule has 0 spiro atoms. The Hall–Kier alpha value is -4.01. The van der Waals surface area contributed by atoms with E-state index < -0.39 is 18.3 Å². The first kappa shape index (κ1) is 22.8. The number of aliphatic hydroxyl groups excluding tert-OH is 2. The fourth-order valence-electron chi connectivity index (χ4n) is 4.65. The van der Waals surface area contributed by atoms with Crippen LogP contribution in [0.1, 0.15) is 35.1 Å². The highest BCUT2D eigenvalue weighted by Crippen LogP contribution is 2.44. The summed E-state index contributed by atoms with van der Waals surface area (Å²) in [6.45, 7) is 0.332. The monoisotopic (exact) mass is 471 g/mol. The Labute approximate surface area is 201 Å². The van der Waals surface area contributed by atoms with Crippen molar-refractivity contribution in [3.8, 4) is 11.1 Å². The van der Waals surface area contributed by atoms with Gasteiger partial charge in [-0.2, -0.15) is 5.10 Å². The van der Waals surface area contributed by atoms with Gasteiger partial charge in [0.15, 0.2) is 0 Å². The molecule has 4 aromatic rings. The number of carbonyl (C=O) groups is 1. The average Bonchev–Trinajstić information content (AvgIpc) is 3.20. The molecule has 1 aliphatic carbocycles. The van der Waals surface area contributed by atoms with Crippen molar-refractivity contribution in [3.05, 3.63) is 100.0 Å². The van der Waals surface area contributed by atoms with E-state index in [-0.39, 0.29) is 31.0 Å². The van der Waals surface area contributed by atoms with Crippen molar-refractivity contribution in [2.24, 2.45) is 0 Å². The Balaban J connectivity index is 1.14. The highest BCUT2D eigenvalue weighted by molar-refractivity contribution is 5.81. The number of carbonyl (C=O) groups excluding carboxylic acids is 1. The molecule has 0 aliphatic heterocycles. The molecule has 1 heterocycles. The van der Waals surface area contributed by atoms with E-state index in [9.17, 15) is 19.8 Å². The molecule has 4 N–H and O–H groups in total. The third-order valence-corrected chi connectivity index (χ3v) is 6.45. The van der Waals surface area contributed by atoms with E-state index in [1.165, 1.54) is 6.20 Å². The van der Waals surface area contributed by atoms with Crippen LogP contribution in [0.15, 0.2) is 77.7 Å². The van der Waals surface area contributed by atoms with Gasteiger partial charge in [-0.3, -0.25) is 4.79 Å². The molecule has 0 saturated heterocycles. The molecule has 8 nitrogen and oxygen atoms in total. The number of benzene rings is 3. The van der Waals surface area contributed by atoms with Crippen LogP contribution >= 0.6 is 0 Å². The van der Waals surface area contributed by atoms with Gasteiger partial charge in [-0.15, -0.1) is 0 Å². The number of alkyl carbamates (subject to hydrolysis) is 1. The maximum absolute atomic E-state index is 12.3. The van der Waals surface area contributed by atoms with Gasteiger partial charge in [-0.1, -0.05) is 54.6 Å². The zero-order chi connectivity index (χ0) is 24.4. The average molecular weight is 472 g/mol. The second-order valence-corrected chi connectivity index (χ2v) is 8.60. The summed E-state index contributed by atoms with van der Waals surface area (Å²) in [5.41, 5.74) is 4.71. The van der Waals surface area contributed by atoms with Crippen LogP contribution in [0.2, 0.25) is 0 Å². The van der Waals surface area contributed by atoms with Crippen LogP contribution in [0.25, 0.3) is 21.9 Å². The predicted octanol–water partition coefficient (Wildman–Crippen LogP) is 3.25. The Morgan fingerprint density at radius 1 is 1.03 bits per heavy atom. The fourth-order valence-corrected chi connectivity index (χ4v) is 4.65. The molecule has 1 aromatic heterocycles. The van der Waals surface area contributed by atoms with Gasteiger partial charge in [0, 0.05) is 17.8 Å². The van der Waals surface area contributed by atoms with Gasteiger partial charge in [0.2, 0.25) is 0 Å². The molecule has 1 aliphatic rings. The van der Waals surface area contributed by atoms with Crippen LogP contribution in [0.5, 0.6) is 0 Å². The van der Waals surface area contributed by atoms with Crippen LogP contribution in [-0.2, 0) is 4.74 Å². The molecule has 8 heteroatoms. The Kier molecular flexibility index (Phi) is 6.31. The molecule has 0 saturated carbocycles. The van der Waals surface area contributed by atoms with Crippen LogP contribution in [0.3, 0.4) is 0 Å². The smallest absolute Gasteiger partial charge is 0.407 e. The minimum Gasteiger partial charge on any atom is -0.449 e. The number of amides is 1. The van der Waals surface area contributed by atoms with Crippen molar-refractivity contribution in [2.75, 3.05) is 13.2 Å². The lowest BCUT2D eigenvalue weighted by molar-refractivity contribution is 0.0137. The van der Waals surface area contributed by atoms with Gasteiger partial charge >= 0.3 is 6.09 Å². The summed E-state index contributed by atoms with van der Waals surface area (Å²) in [6, 6.07) is 21.0. The van der Waals surface area contributed by atoms with Crippen molar-refractivity contribution in [1.82, 2.24) is 15.5 Å². The molecule has 0 radical (unpaired) electrons. The van der Waals surface area contributed by atoms with Gasteiger partial charge in [-0.05, 0) is 46.4 Å². The first-order valence-corrected chi connectivity index (χ1v) is 11.5. The van der Waals surface area contributed by atoms with Gasteiger partial charge in [0.25, 0.3) is 5.56 Å². The third kappa shape index (κ3) is 4.53. The lowest BCUT2D eigenvalue weighted by Crippen LogP contribution is -2.30. The van der Waals surface area contributed by atoms with Crippen molar-refractivity contribution in [3.63, 3.8) is 0 Å². The van der Waals surface area contributed by atoms with E-state index in [0.717, 1.165) is 22.3 Å². The van der Waals surface area contributed by atoms with Crippen molar-refractivity contribution in [2.45, 2.75) is 24.5 Å². The standard InChI is InChI=1S/C27H25N3O5/c31-24(25(32)16-9-10-18-17(13-16)14-29-30-26(18)33)11-12-28-27(34)35-15-23-21-7-3-1-5-19(21)20-6-2-4-8-22(20)23/h1-10,13-14,23-25,31-32H,11-12,15H2,(H,28,34)(H,30,33). The number of hydrogen-bond acceptors (Lipinski definition) is 6. The quantitative estimate of drug-likeness (QED) is 0.328. The molecule has 178 valence electrons. The van der Waals surface area contributed by atoms with E-state index in [4.69, 9.17) is 4.74 Å². The first-order valence-electron chi connectivity index (χ1n) is 11.5. The minimum absolute atomic E-state index is 0.0322. The molecule has 2 unspecified atom stereocenters. The van der Waals surface area contributed by atoms with Crippen molar-refractivity contribution in [1.29, 1.82) is 0 Å². The molecular formula is C27H25N3O5. The number of rotatable bonds is 7. The highest BCUT2D eigenvalue weighted by Gasteiger charge is 2.29. The molecular weight excluding hydrogens is 446 g/mol. The summed E-state index contributed by atoms with van der Waals surface area (Å²) in [6.07, 6.45) is -1.27. The number of nitrogens with zero attached hydrogens (tertiary/aromatic N) is 1. The zero-order valence-corrected chi connectivity index (χ0v) is 18.8. The van der Waals surface area contributed by atoms with E-state index in [1.54, 1.807) is 18.2 Å². The normalized spacial score (nSPS) is 14.2. The number of aromatic nitrogens is 2. The molecule has 1 amide bonds. The number of aromatic amines is 1. The summed E-state index contributed by atoms with van der Waals surface area (Å²) in [7, 11) is 0. The van der Waals surface area contributed by atoms with Crippen LogP contribution in [0.4, 0.5) is 4.79 Å².